The van der Waals surface area contributed by atoms with Gasteiger partial charge in [-0.1, -0.05) is 78.4 Å². The maximum Gasteiger partial charge on any atom is 0.225 e. The summed E-state index contributed by atoms with van der Waals surface area (Å²) in [5.74, 6) is 0.353. The van der Waals surface area contributed by atoms with Crippen LogP contribution in [0.15, 0.2) is 78.9 Å². The SMILES string of the molecule is Cc1ccc(C(=O)C2CCN(CCC(=O)Nc3ccccc3-c3ccccc3)CC2)cc1. The summed E-state index contributed by atoms with van der Waals surface area (Å²) in [6.45, 7) is 4.46. The lowest BCUT2D eigenvalue weighted by Crippen LogP contribution is -2.38. The summed E-state index contributed by atoms with van der Waals surface area (Å²) < 4.78 is 0. The van der Waals surface area contributed by atoms with Crippen molar-refractivity contribution in [3.63, 3.8) is 0 Å². The Kier molecular flexibility index (Phi) is 7.13. The zero-order valence-corrected chi connectivity index (χ0v) is 18.6. The van der Waals surface area contributed by atoms with Crippen molar-refractivity contribution in [3.05, 3.63) is 90.0 Å². The number of hydrogen-bond donors (Lipinski definition) is 1. The number of benzene rings is 3. The smallest absolute Gasteiger partial charge is 0.225 e. The fourth-order valence-corrected chi connectivity index (χ4v) is 4.31. The lowest BCUT2D eigenvalue weighted by molar-refractivity contribution is -0.116. The Morgan fingerprint density at radius 3 is 2.25 bits per heavy atom. The Labute approximate surface area is 190 Å². The van der Waals surface area contributed by atoms with Crippen molar-refractivity contribution in [1.29, 1.82) is 0 Å². The van der Waals surface area contributed by atoms with Gasteiger partial charge in [0.2, 0.25) is 5.91 Å². The molecule has 3 aromatic carbocycles. The number of carbonyl (C=O) groups is 2. The highest BCUT2D eigenvalue weighted by Gasteiger charge is 2.26. The van der Waals surface area contributed by atoms with E-state index in [4.69, 9.17) is 0 Å². The summed E-state index contributed by atoms with van der Waals surface area (Å²) in [5.41, 5.74) is 4.93. The second-order valence-corrected chi connectivity index (χ2v) is 8.56. The van der Waals surface area contributed by atoms with Gasteiger partial charge in [-0.25, -0.2) is 0 Å². The zero-order chi connectivity index (χ0) is 22.3. The summed E-state index contributed by atoms with van der Waals surface area (Å²) in [6.07, 6.45) is 2.15. The van der Waals surface area contributed by atoms with Gasteiger partial charge in [-0.15, -0.1) is 0 Å². The van der Waals surface area contributed by atoms with Crippen molar-refractivity contribution >= 4 is 17.4 Å². The minimum absolute atomic E-state index is 0.0197. The molecule has 0 aromatic heterocycles. The standard InChI is InChI=1S/C28H30N2O2/c1-21-11-13-23(14-12-21)28(32)24-15-18-30(19-16-24)20-17-27(31)29-26-10-6-5-9-25(26)22-7-3-2-4-8-22/h2-14,24H,15-20H2,1H3,(H,29,31). The molecule has 32 heavy (non-hydrogen) atoms. The zero-order valence-electron chi connectivity index (χ0n) is 18.6. The summed E-state index contributed by atoms with van der Waals surface area (Å²) in [5, 5.41) is 3.08. The lowest BCUT2D eigenvalue weighted by atomic mass is 9.88. The maximum atomic E-state index is 12.8. The number of rotatable bonds is 7. The number of likely N-dealkylation sites (tertiary alicyclic amines) is 1. The molecule has 0 spiro atoms. The number of amides is 1. The summed E-state index contributed by atoms with van der Waals surface area (Å²) in [4.78, 5) is 27.7. The molecule has 4 rings (SSSR count). The summed E-state index contributed by atoms with van der Waals surface area (Å²) in [7, 11) is 0. The van der Waals surface area contributed by atoms with E-state index in [1.807, 2.05) is 85.8 Å². The number of Topliss-reactive ketones (excluding diaryl/α,β-unsaturated/α-hetero) is 1. The van der Waals surface area contributed by atoms with E-state index < -0.39 is 0 Å². The van der Waals surface area contributed by atoms with Crippen LogP contribution in [0, 0.1) is 12.8 Å². The quantitative estimate of drug-likeness (QED) is 0.501. The molecule has 3 aromatic rings. The van der Waals surface area contributed by atoms with E-state index >= 15 is 0 Å². The predicted octanol–water partition coefficient (Wildman–Crippen LogP) is 5.59. The van der Waals surface area contributed by atoms with Crippen LogP contribution in [0.4, 0.5) is 5.69 Å². The van der Waals surface area contributed by atoms with E-state index in [2.05, 4.69) is 10.2 Å². The largest absolute Gasteiger partial charge is 0.325 e. The molecule has 1 aliphatic heterocycles. The third-order valence-electron chi connectivity index (χ3n) is 6.24. The van der Waals surface area contributed by atoms with Crippen molar-refractivity contribution in [3.8, 4) is 11.1 Å². The van der Waals surface area contributed by atoms with Crippen molar-refractivity contribution in [1.82, 2.24) is 4.90 Å². The maximum absolute atomic E-state index is 12.8. The van der Waals surface area contributed by atoms with Crippen LogP contribution < -0.4 is 5.32 Å². The van der Waals surface area contributed by atoms with Crippen LogP contribution in [0.2, 0.25) is 0 Å². The van der Waals surface area contributed by atoms with Gasteiger partial charge in [0.1, 0.15) is 0 Å². The molecule has 0 unspecified atom stereocenters. The molecule has 4 nitrogen and oxygen atoms in total. The minimum Gasteiger partial charge on any atom is -0.325 e. The molecule has 1 saturated heterocycles. The van der Waals surface area contributed by atoms with Gasteiger partial charge < -0.3 is 10.2 Å². The third kappa shape index (κ3) is 5.51. The van der Waals surface area contributed by atoms with E-state index in [0.717, 1.165) is 48.3 Å². The van der Waals surface area contributed by atoms with Crippen molar-refractivity contribution in [2.75, 3.05) is 25.0 Å². The van der Waals surface area contributed by atoms with Gasteiger partial charge in [0, 0.05) is 35.7 Å². The first kappa shape index (κ1) is 22.0. The molecule has 0 radical (unpaired) electrons. The van der Waals surface area contributed by atoms with Crippen LogP contribution in [-0.2, 0) is 4.79 Å². The van der Waals surface area contributed by atoms with E-state index in [9.17, 15) is 9.59 Å². The van der Waals surface area contributed by atoms with Crippen LogP contribution in [-0.4, -0.2) is 36.2 Å². The molecular formula is C28H30N2O2. The van der Waals surface area contributed by atoms with E-state index in [-0.39, 0.29) is 17.6 Å². The number of aryl methyl sites for hydroxylation is 1. The Balaban J connectivity index is 1.26. The molecule has 1 aliphatic rings. The molecule has 0 aliphatic carbocycles. The van der Waals surface area contributed by atoms with Gasteiger partial charge in [0.25, 0.3) is 0 Å². The van der Waals surface area contributed by atoms with Gasteiger partial charge in [0.05, 0.1) is 0 Å². The molecule has 0 atom stereocenters. The van der Waals surface area contributed by atoms with Gasteiger partial charge >= 0.3 is 0 Å². The molecule has 0 saturated carbocycles. The molecule has 1 N–H and O–H groups in total. The monoisotopic (exact) mass is 426 g/mol. The van der Waals surface area contributed by atoms with E-state index in [1.165, 1.54) is 5.56 Å². The molecule has 0 bridgehead atoms. The van der Waals surface area contributed by atoms with Crippen molar-refractivity contribution < 1.29 is 9.59 Å². The van der Waals surface area contributed by atoms with Crippen LogP contribution >= 0.6 is 0 Å². The Morgan fingerprint density at radius 1 is 0.875 bits per heavy atom. The van der Waals surface area contributed by atoms with Crippen LogP contribution in [0.1, 0.15) is 35.2 Å². The van der Waals surface area contributed by atoms with E-state index in [0.29, 0.717) is 13.0 Å². The Hall–Kier alpha value is -3.24. The summed E-state index contributed by atoms with van der Waals surface area (Å²) >= 11 is 0. The first-order chi connectivity index (χ1) is 15.6. The van der Waals surface area contributed by atoms with Gasteiger partial charge in [-0.2, -0.15) is 0 Å². The summed E-state index contributed by atoms with van der Waals surface area (Å²) in [6, 6.07) is 25.9. The topological polar surface area (TPSA) is 49.4 Å². The average Bonchev–Trinajstić information content (AvgIpc) is 2.84. The van der Waals surface area contributed by atoms with Crippen molar-refractivity contribution in [2.24, 2.45) is 5.92 Å². The van der Waals surface area contributed by atoms with E-state index in [1.54, 1.807) is 0 Å². The minimum atomic E-state index is 0.0197. The van der Waals surface area contributed by atoms with Gasteiger partial charge in [0.15, 0.2) is 5.78 Å². The number of anilines is 1. The first-order valence-corrected chi connectivity index (χ1v) is 11.4. The molecule has 4 heteroatoms. The number of para-hydroxylation sites is 1. The fourth-order valence-electron chi connectivity index (χ4n) is 4.31. The second-order valence-electron chi connectivity index (χ2n) is 8.56. The second kappa shape index (κ2) is 10.4. The molecule has 1 heterocycles. The number of nitrogens with one attached hydrogen (secondary N) is 1. The highest BCUT2D eigenvalue weighted by Crippen LogP contribution is 2.28. The average molecular weight is 427 g/mol. The van der Waals surface area contributed by atoms with Crippen LogP contribution in [0.5, 0.6) is 0 Å². The van der Waals surface area contributed by atoms with Crippen LogP contribution in [0.25, 0.3) is 11.1 Å². The number of piperidine rings is 1. The van der Waals surface area contributed by atoms with Gasteiger partial charge in [-0.3, -0.25) is 9.59 Å². The molecule has 164 valence electrons. The molecular weight excluding hydrogens is 396 g/mol. The number of ketones is 1. The predicted molar refractivity (Wildman–Crippen MR) is 130 cm³/mol. The highest BCUT2D eigenvalue weighted by atomic mass is 16.1. The fraction of sp³-hybridized carbons (Fsp3) is 0.286. The number of hydrogen-bond acceptors (Lipinski definition) is 3. The third-order valence-corrected chi connectivity index (χ3v) is 6.24. The van der Waals surface area contributed by atoms with Crippen molar-refractivity contribution in [2.45, 2.75) is 26.2 Å². The Bertz CT molecular complexity index is 1050. The lowest BCUT2D eigenvalue weighted by Gasteiger charge is -2.31. The highest BCUT2D eigenvalue weighted by molar-refractivity contribution is 5.98. The molecule has 1 amide bonds. The normalized spacial score (nSPS) is 14.8. The number of carbonyl (C=O) groups excluding carboxylic acids is 2. The molecule has 1 fully saturated rings. The van der Waals surface area contributed by atoms with Gasteiger partial charge in [-0.05, 0) is 44.5 Å². The van der Waals surface area contributed by atoms with Crippen LogP contribution in [0.3, 0.4) is 0 Å². The first-order valence-electron chi connectivity index (χ1n) is 11.4. The Morgan fingerprint density at radius 2 is 1.53 bits per heavy atom. The number of nitrogens with zero attached hydrogens (tertiary/aromatic N) is 1.